The highest BCUT2D eigenvalue weighted by molar-refractivity contribution is 5.72. The van der Waals surface area contributed by atoms with Gasteiger partial charge in [0.05, 0.1) is 0 Å². The van der Waals surface area contributed by atoms with Gasteiger partial charge in [-0.05, 0) is 12.8 Å². The third-order valence-electron chi connectivity index (χ3n) is 1.50. The van der Waals surface area contributed by atoms with Crippen LogP contribution in [0.15, 0.2) is 0 Å². The number of nitrogens with zero attached hydrogens (tertiary/aromatic N) is 1. The molecule has 0 saturated carbocycles. The lowest BCUT2D eigenvalue weighted by Gasteiger charge is -1.98. The lowest BCUT2D eigenvalue weighted by atomic mass is 10.2. The van der Waals surface area contributed by atoms with E-state index in [0.29, 0.717) is 0 Å². The van der Waals surface area contributed by atoms with Crippen molar-refractivity contribution >= 4 is 12.1 Å². The van der Waals surface area contributed by atoms with Gasteiger partial charge in [-0.2, -0.15) is 0 Å². The summed E-state index contributed by atoms with van der Waals surface area (Å²) >= 11 is 0. The molecule has 12 heavy (non-hydrogen) atoms. The Labute approximate surface area is 74.5 Å². The van der Waals surface area contributed by atoms with E-state index in [2.05, 4.69) is 16.1 Å². The molecule has 0 bridgehead atoms. The van der Waals surface area contributed by atoms with Gasteiger partial charge in [0.15, 0.2) is 0 Å². The van der Waals surface area contributed by atoms with Crippen LogP contribution in [-0.2, 0) is 4.79 Å². The van der Waals surface area contributed by atoms with Crippen LogP contribution in [0.25, 0.3) is 0 Å². The monoisotopic (exact) mass is 174 g/mol. The van der Waals surface area contributed by atoms with Crippen molar-refractivity contribution in [2.75, 3.05) is 20.6 Å². The van der Waals surface area contributed by atoms with Crippen molar-refractivity contribution < 1.29 is 9.37 Å². The molecule has 0 unspecified atom stereocenters. The summed E-state index contributed by atoms with van der Waals surface area (Å²) in [7, 11) is 4.04. The molecular weight excluding hydrogens is 155 g/mol. The lowest BCUT2D eigenvalue weighted by Crippen LogP contribution is -2.20. The molecule has 0 atom stereocenters. The number of unbranched alkanes of at least 4 members (excludes halogenated alkanes) is 2. The first kappa shape index (κ1) is 11.1. The minimum atomic E-state index is 0.0617. The Morgan fingerprint density at radius 2 is 2.08 bits per heavy atom. The Morgan fingerprint density at radius 3 is 2.58 bits per heavy atom. The van der Waals surface area contributed by atoms with E-state index in [1.807, 2.05) is 14.1 Å². The number of rotatable bonds is 5. The predicted molar refractivity (Wildman–Crippen MR) is 50.7 cm³/mol. The standard InChI is InChI=1S/C9H18N2O/c1-9(12)10-7-5-4-6-8-11(2)3/h8H,4-7H2,1-3H3/p+1/i1+1,2+1,9+1. The zero-order valence-electron chi connectivity index (χ0n) is 8.26. The summed E-state index contributed by atoms with van der Waals surface area (Å²) in [6.45, 7) is 2.35. The summed E-state index contributed by atoms with van der Waals surface area (Å²) in [5.74, 6) is 0.0617. The molecule has 0 aliphatic carbocycles. The highest BCUT2D eigenvalue weighted by Crippen LogP contribution is 1.90. The normalized spacial score (nSPS) is 11.4. The molecular formula is C9H19N2O+. The van der Waals surface area contributed by atoms with Crippen LogP contribution in [0.4, 0.5) is 0 Å². The first-order chi connectivity index (χ1) is 5.63. The number of carbonyl (C=O) groups excluding carboxylic acids is 1. The minimum Gasteiger partial charge on any atom is -0.356 e. The van der Waals surface area contributed by atoms with E-state index in [0.717, 1.165) is 25.8 Å². The Kier molecular flexibility index (Phi) is 6.34. The molecule has 0 aromatic carbocycles. The van der Waals surface area contributed by atoms with Crippen LogP contribution in [0.5, 0.6) is 0 Å². The summed E-state index contributed by atoms with van der Waals surface area (Å²) < 4.78 is 2.05. The van der Waals surface area contributed by atoms with Crippen molar-refractivity contribution in [1.29, 1.82) is 0 Å². The van der Waals surface area contributed by atoms with Crippen LogP contribution in [0.1, 0.15) is 26.2 Å². The smallest absolute Gasteiger partial charge is 0.216 e. The highest BCUT2D eigenvalue weighted by Gasteiger charge is 1.91. The van der Waals surface area contributed by atoms with Gasteiger partial charge >= 0.3 is 0 Å². The van der Waals surface area contributed by atoms with Crippen molar-refractivity contribution in [2.24, 2.45) is 0 Å². The highest BCUT2D eigenvalue weighted by atomic mass is 16.2. The summed E-state index contributed by atoms with van der Waals surface area (Å²) in [6.07, 6.45) is 5.43. The van der Waals surface area contributed by atoms with Crippen LogP contribution in [-0.4, -0.2) is 37.3 Å². The Balaban J connectivity index is 3.11. The second kappa shape index (κ2) is 6.83. The molecule has 70 valence electrons. The minimum absolute atomic E-state index is 0.0617. The lowest BCUT2D eigenvalue weighted by molar-refractivity contribution is -0.460. The van der Waals surface area contributed by atoms with Crippen molar-refractivity contribution in [3.8, 4) is 0 Å². The van der Waals surface area contributed by atoms with Crippen molar-refractivity contribution in [3.63, 3.8) is 0 Å². The van der Waals surface area contributed by atoms with Crippen LogP contribution in [0.2, 0.25) is 0 Å². The molecule has 1 N–H and O–H groups in total. The number of hydrogen-bond acceptors (Lipinski definition) is 1. The molecule has 1 amide bonds. The van der Waals surface area contributed by atoms with Gasteiger partial charge in [-0.25, -0.2) is 4.58 Å². The van der Waals surface area contributed by atoms with E-state index in [1.165, 1.54) is 0 Å². The van der Waals surface area contributed by atoms with Gasteiger partial charge in [-0.3, -0.25) is 4.79 Å². The largest absolute Gasteiger partial charge is 0.356 e. The number of amides is 1. The van der Waals surface area contributed by atoms with E-state index < -0.39 is 0 Å². The SMILES string of the molecule is C[N+]([13CH3])=CCCCCN[13C]([13CH3])=O. The topological polar surface area (TPSA) is 32.1 Å². The molecule has 0 rings (SSSR count). The molecule has 0 saturated heterocycles. The second-order valence-electron chi connectivity index (χ2n) is 3.12. The zero-order chi connectivity index (χ0) is 9.40. The van der Waals surface area contributed by atoms with Gasteiger partial charge in [0.25, 0.3) is 0 Å². The zero-order valence-corrected chi connectivity index (χ0v) is 8.26. The molecule has 0 aliphatic rings. The molecule has 0 fully saturated rings. The van der Waals surface area contributed by atoms with Gasteiger partial charge < -0.3 is 5.32 Å². The van der Waals surface area contributed by atoms with Crippen molar-refractivity contribution in [3.05, 3.63) is 0 Å². The molecule has 0 spiro atoms. The molecule has 0 aromatic heterocycles. The molecule has 0 radical (unpaired) electrons. The van der Waals surface area contributed by atoms with E-state index in [4.69, 9.17) is 0 Å². The summed E-state index contributed by atoms with van der Waals surface area (Å²) in [6, 6.07) is 0. The fourth-order valence-corrected chi connectivity index (χ4v) is 0.883. The molecule has 3 nitrogen and oxygen atoms in total. The first-order valence-corrected chi connectivity index (χ1v) is 4.37. The molecule has 0 heterocycles. The van der Waals surface area contributed by atoms with Crippen LogP contribution >= 0.6 is 0 Å². The average molecular weight is 174 g/mol. The number of carbonyl (C=O) groups is 1. The van der Waals surface area contributed by atoms with Gasteiger partial charge in [0, 0.05) is 19.9 Å². The Bertz CT molecular complexity index is 160. The van der Waals surface area contributed by atoms with Crippen LogP contribution in [0.3, 0.4) is 0 Å². The van der Waals surface area contributed by atoms with E-state index in [-0.39, 0.29) is 5.91 Å². The van der Waals surface area contributed by atoms with E-state index in [1.54, 1.807) is 6.92 Å². The quantitative estimate of drug-likeness (QED) is 0.282. The third-order valence-corrected chi connectivity index (χ3v) is 1.50. The van der Waals surface area contributed by atoms with Crippen molar-refractivity contribution in [1.82, 2.24) is 5.32 Å². The van der Waals surface area contributed by atoms with E-state index >= 15 is 0 Å². The predicted octanol–water partition coefficient (Wildman–Crippen LogP) is 0.636. The fraction of sp³-hybridized carbons (Fsp3) is 0.778. The summed E-state index contributed by atoms with van der Waals surface area (Å²) in [5.41, 5.74) is 0. The van der Waals surface area contributed by atoms with Crippen LogP contribution in [0, 0.1) is 0 Å². The van der Waals surface area contributed by atoms with Crippen molar-refractivity contribution in [2.45, 2.75) is 26.2 Å². The number of nitrogens with one attached hydrogen (secondary N) is 1. The van der Waals surface area contributed by atoms with Gasteiger partial charge in [-0.15, -0.1) is 0 Å². The van der Waals surface area contributed by atoms with Crippen LogP contribution < -0.4 is 5.32 Å². The fourth-order valence-electron chi connectivity index (χ4n) is 0.883. The third kappa shape index (κ3) is 9.14. The Morgan fingerprint density at radius 1 is 1.42 bits per heavy atom. The van der Waals surface area contributed by atoms with Gasteiger partial charge in [-0.1, -0.05) is 0 Å². The molecule has 0 aromatic rings. The van der Waals surface area contributed by atoms with Gasteiger partial charge in [0.1, 0.15) is 20.3 Å². The first-order valence-electron chi connectivity index (χ1n) is 4.37. The number of hydrogen-bond donors (Lipinski definition) is 1. The summed E-state index contributed by atoms with van der Waals surface area (Å²) in [4.78, 5) is 10.5. The molecule has 0 aliphatic heterocycles. The maximum absolute atomic E-state index is 10.5. The average Bonchev–Trinajstić information content (AvgIpc) is 1.95. The summed E-state index contributed by atoms with van der Waals surface area (Å²) in [5, 5.41) is 2.77. The van der Waals surface area contributed by atoms with Gasteiger partial charge in [0.2, 0.25) is 5.91 Å². The van der Waals surface area contributed by atoms with E-state index in [9.17, 15) is 4.79 Å². The maximum Gasteiger partial charge on any atom is 0.216 e. The molecule has 3 heteroatoms. The second-order valence-corrected chi connectivity index (χ2v) is 3.12. The Hall–Kier alpha value is -0.860. The maximum atomic E-state index is 10.5.